The van der Waals surface area contributed by atoms with Gasteiger partial charge in [0.25, 0.3) is 0 Å². The number of nitrogens with one attached hydrogen (secondary N) is 1. The average molecular weight is 249 g/mol. The molecule has 0 unspecified atom stereocenters. The van der Waals surface area contributed by atoms with Gasteiger partial charge in [-0.2, -0.15) is 4.31 Å². The topological polar surface area (TPSA) is 69.7 Å². The van der Waals surface area contributed by atoms with Crippen LogP contribution < -0.4 is 5.32 Å². The van der Waals surface area contributed by atoms with Crippen molar-refractivity contribution in [1.29, 1.82) is 0 Å². The van der Waals surface area contributed by atoms with Gasteiger partial charge in [0.05, 0.1) is 12.3 Å². The molecular weight excluding hydrogens is 230 g/mol. The number of sulfonamides is 1. The maximum Gasteiger partial charge on any atom is 0.239 e. The predicted octanol–water partition coefficient (Wildman–Crippen LogP) is -1.30. The normalized spacial score (nSPS) is 20.8. The molecule has 1 fully saturated rings. The van der Waals surface area contributed by atoms with Crippen LogP contribution in [0.15, 0.2) is 0 Å². The number of carbonyl (C=O) groups is 1. The van der Waals surface area contributed by atoms with Crippen LogP contribution in [-0.2, 0) is 14.8 Å². The van der Waals surface area contributed by atoms with Gasteiger partial charge in [-0.1, -0.05) is 0 Å². The number of likely N-dealkylation sites (N-methyl/N-ethyl adjacent to an activating group) is 1. The Morgan fingerprint density at radius 1 is 1.25 bits per heavy atom. The lowest BCUT2D eigenvalue weighted by atomic mass is 10.2. The first kappa shape index (κ1) is 13.4. The van der Waals surface area contributed by atoms with Crippen LogP contribution in [0.25, 0.3) is 0 Å². The average Bonchev–Trinajstić information content (AvgIpc) is 2.26. The van der Waals surface area contributed by atoms with Gasteiger partial charge in [0.2, 0.25) is 15.9 Å². The van der Waals surface area contributed by atoms with Gasteiger partial charge in [0.1, 0.15) is 0 Å². The van der Waals surface area contributed by atoms with Crippen molar-refractivity contribution in [1.82, 2.24) is 14.5 Å². The van der Waals surface area contributed by atoms with Crippen LogP contribution in [0.3, 0.4) is 0 Å². The molecule has 0 bridgehead atoms. The van der Waals surface area contributed by atoms with Gasteiger partial charge in [0, 0.05) is 26.2 Å². The molecule has 0 aromatic carbocycles. The molecule has 1 aliphatic heterocycles. The van der Waals surface area contributed by atoms with Crippen LogP contribution in [0.2, 0.25) is 0 Å². The molecule has 6 nitrogen and oxygen atoms in total. The fraction of sp³-hybridized carbons (Fsp3) is 0.889. The number of nitrogens with zero attached hydrogens (tertiary/aromatic N) is 2. The lowest BCUT2D eigenvalue weighted by molar-refractivity contribution is -0.134. The molecule has 1 aliphatic rings. The van der Waals surface area contributed by atoms with Gasteiger partial charge in [-0.15, -0.1) is 0 Å². The highest BCUT2D eigenvalue weighted by molar-refractivity contribution is 7.88. The Balaban J connectivity index is 2.53. The van der Waals surface area contributed by atoms with E-state index in [1.54, 1.807) is 18.9 Å². The second kappa shape index (κ2) is 5.11. The summed E-state index contributed by atoms with van der Waals surface area (Å²) in [6, 6.07) is -0.218. The zero-order chi connectivity index (χ0) is 12.3. The van der Waals surface area contributed by atoms with E-state index in [4.69, 9.17) is 0 Å². The smallest absolute Gasteiger partial charge is 0.239 e. The van der Waals surface area contributed by atoms with E-state index in [-0.39, 0.29) is 11.9 Å². The Morgan fingerprint density at radius 2 is 1.75 bits per heavy atom. The molecule has 0 aromatic heterocycles. The molecule has 0 aromatic rings. The highest BCUT2D eigenvalue weighted by atomic mass is 32.2. The molecule has 0 spiro atoms. The lowest BCUT2D eigenvalue weighted by Gasteiger charge is -2.34. The van der Waals surface area contributed by atoms with Crippen molar-refractivity contribution < 1.29 is 13.2 Å². The Labute approximate surface area is 96.6 Å². The zero-order valence-electron chi connectivity index (χ0n) is 9.93. The summed E-state index contributed by atoms with van der Waals surface area (Å²) in [5.41, 5.74) is 0. The maximum atomic E-state index is 11.8. The van der Waals surface area contributed by atoms with Crippen molar-refractivity contribution in [3.8, 4) is 0 Å². The van der Waals surface area contributed by atoms with Gasteiger partial charge in [-0.25, -0.2) is 8.42 Å². The number of amides is 1. The summed E-state index contributed by atoms with van der Waals surface area (Å²) in [7, 11) is -1.39. The minimum Gasteiger partial charge on any atom is -0.339 e. The van der Waals surface area contributed by atoms with Crippen molar-refractivity contribution in [2.45, 2.75) is 13.0 Å². The Bertz CT molecular complexity index is 347. The second-order valence-corrected chi connectivity index (χ2v) is 5.98. The molecule has 0 aliphatic carbocycles. The lowest BCUT2D eigenvalue weighted by Crippen LogP contribution is -2.53. The molecule has 1 amide bonds. The standard InChI is InChI=1S/C9H19N3O3S/c1-8(10-2)9(13)11-4-6-12(7-5-11)16(3,14)15/h8,10H,4-7H2,1-3H3/t8-/m0/s1. The van der Waals surface area contributed by atoms with E-state index < -0.39 is 10.0 Å². The molecule has 0 saturated carbocycles. The third-order valence-corrected chi connectivity index (χ3v) is 4.13. The van der Waals surface area contributed by atoms with Crippen molar-refractivity contribution in [2.24, 2.45) is 0 Å². The van der Waals surface area contributed by atoms with E-state index in [0.717, 1.165) is 0 Å². The third-order valence-electron chi connectivity index (χ3n) is 2.82. The van der Waals surface area contributed by atoms with Crippen molar-refractivity contribution in [3.05, 3.63) is 0 Å². The third kappa shape index (κ3) is 3.16. The summed E-state index contributed by atoms with van der Waals surface area (Å²) in [4.78, 5) is 13.5. The van der Waals surface area contributed by atoms with Gasteiger partial charge in [-0.3, -0.25) is 4.79 Å². The number of hydrogen-bond acceptors (Lipinski definition) is 4. The van der Waals surface area contributed by atoms with Crippen LogP contribution in [0.1, 0.15) is 6.92 Å². The summed E-state index contributed by atoms with van der Waals surface area (Å²) in [5.74, 6) is 0.0238. The van der Waals surface area contributed by atoms with Crippen LogP contribution >= 0.6 is 0 Å². The first-order chi connectivity index (χ1) is 7.36. The van der Waals surface area contributed by atoms with E-state index in [1.165, 1.54) is 10.6 Å². The summed E-state index contributed by atoms with van der Waals surface area (Å²) in [6.07, 6.45) is 1.20. The molecule has 0 radical (unpaired) electrons. The zero-order valence-corrected chi connectivity index (χ0v) is 10.7. The molecule has 7 heteroatoms. The van der Waals surface area contributed by atoms with E-state index in [0.29, 0.717) is 26.2 Å². The van der Waals surface area contributed by atoms with Crippen LogP contribution in [-0.4, -0.2) is 69.1 Å². The highest BCUT2D eigenvalue weighted by Crippen LogP contribution is 2.07. The fourth-order valence-electron chi connectivity index (χ4n) is 1.64. The quantitative estimate of drug-likeness (QED) is 0.675. The minimum absolute atomic E-state index is 0.0238. The Morgan fingerprint density at radius 3 is 2.12 bits per heavy atom. The molecule has 1 atom stereocenters. The molecule has 94 valence electrons. The number of carbonyl (C=O) groups excluding carboxylic acids is 1. The Kier molecular flexibility index (Phi) is 4.28. The largest absolute Gasteiger partial charge is 0.339 e. The van der Waals surface area contributed by atoms with Crippen LogP contribution in [0, 0.1) is 0 Å². The minimum atomic E-state index is -3.12. The summed E-state index contributed by atoms with van der Waals surface area (Å²) < 4.78 is 23.9. The van der Waals surface area contributed by atoms with Crippen LogP contribution in [0.5, 0.6) is 0 Å². The van der Waals surface area contributed by atoms with Crippen molar-refractivity contribution >= 4 is 15.9 Å². The fourth-order valence-corrected chi connectivity index (χ4v) is 2.46. The summed E-state index contributed by atoms with van der Waals surface area (Å²) in [6.45, 7) is 3.52. The molecule has 1 rings (SSSR count). The molecule has 1 heterocycles. The number of piperazine rings is 1. The Hall–Kier alpha value is -0.660. The molecule has 16 heavy (non-hydrogen) atoms. The van der Waals surface area contributed by atoms with E-state index >= 15 is 0 Å². The van der Waals surface area contributed by atoms with Gasteiger partial charge in [0.15, 0.2) is 0 Å². The van der Waals surface area contributed by atoms with E-state index in [2.05, 4.69) is 5.32 Å². The second-order valence-electron chi connectivity index (χ2n) is 4.00. The first-order valence-electron chi connectivity index (χ1n) is 5.27. The predicted molar refractivity (Wildman–Crippen MR) is 61.5 cm³/mol. The molecule has 1 saturated heterocycles. The number of hydrogen-bond donors (Lipinski definition) is 1. The van der Waals surface area contributed by atoms with E-state index in [9.17, 15) is 13.2 Å². The molecular formula is C9H19N3O3S. The molecule has 1 N–H and O–H groups in total. The van der Waals surface area contributed by atoms with Gasteiger partial charge >= 0.3 is 0 Å². The first-order valence-corrected chi connectivity index (χ1v) is 7.12. The van der Waals surface area contributed by atoms with E-state index in [1.807, 2.05) is 0 Å². The summed E-state index contributed by atoms with van der Waals surface area (Å²) >= 11 is 0. The van der Waals surface area contributed by atoms with Gasteiger partial charge < -0.3 is 10.2 Å². The SMILES string of the molecule is CN[C@@H](C)C(=O)N1CCN(S(C)(=O)=O)CC1. The van der Waals surface area contributed by atoms with Gasteiger partial charge in [-0.05, 0) is 14.0 Å². The maximum absolute atomic E-state index is 11.8. The summed E-state index contributed by atoms with van der Waals surface area (Å²) in [5, 5.41) is 2.88. The highest BCUT2D eigenvalue weighted by Gasteiger charge is 2.27. The van der Waals surface area contributed by atoms with Crippen LogP contribution in [0.4, 0.5) is 0 Å². The monoisotopic (exact) mass is 249 g/mol. The van der Waals surface area contributed by atoms with Crippen molar-refractivity contribution in [3.63, 3.8) is 0 Å². The van der Waals surface area contributed by atoms with Crippen molar-refractivity contribution in [2.75, 3.05) is 39.5 Å². The number of rotatable bonds is 3.